The van der Waals surface area contributed by atoms with Crippen LogP contribution in [0.15, 0.2) is 0 Å². The Morgan fingerprint density at radius 2 is 2.25 bits per heavy atom. The molecular weight excluding hydrogens is 150 g/mol. The molecule has 0 fully saturated rings. The Labute approximate surface area is 72.8 Å². The lowest BCUT2D eigenvalue weighted by Gasteiger charge is -2.10. The van der Waals surface area contributed by atoms with E-state index in [1.165, 1.54) is 17.0 Å². The zero-order valence-corrected chi connectivity index (χ0v) is 7.72. The summed E-state index contributed by atoms with van der Waals surface area (Å²) in [6, 6.07) is 0. The number of aryl methyl sites for hydroxylation is 1. The van der Waals surface area contributed by atoms with Crippen molar-refractivity contribution in [2.24, 2.45) is 0 Å². The van der Waals surface area contributed by atoms with Crippen molar-refractivity contribution in [3.63, 3.8) is 0 Å². The standard InChI is InChI=1S/C9H15N3/c1-3-8-7-5-12(4-2)6-9(7)11-10-8/h3-6H2,1-2H3,(H,10,11). The fourth-order valence-electron chi connectivity index (χ4n) is 1.78. The summed E-state index contributed by atoms with van der Waals surface area (Å²) in [6.45, 7) is 7.63. The molecule has 0 unspecified atom stereocenters. The SMILES string of the molecule is CCc1n[nH]c2c1CN(CC)C2. The van der Waals surface area contributed by atoms with E-state index < -0.39 is 0 Å². The number of hydrogen-bond acceptors (Lipinski definition) is 2. The Balaban J connectivity index is 2.25. The molecule has 1 aliphatic heterocycles. The van der Waals surface area contributed by atoms with Gasteiger partial charge in [-0.05, 0) is 13.0 Å². The number of aromatic amines is 1. The number of aromatic nitrogens is 2. The molecule has 2 rings (SSSR count). The molecule has 0 aliphatic carbocycles. The predicted octanol–water partition coefficient (Wildman–Crippen LogP) is 1.31. The number of nitrogens with zero attached hydrogens (tertiary/aromatic N) is 2. The van der Waals surface area contributed by atoms with Crippen LogP contribution in [0.2, 0.25) is 0 Å². The summed E-state index contributed by atoms with van der Waals surface area (Å²) < 4.78 is 0. The van der Waals surface area contributed by atoms with Gasteiger partial charge >= 0.3 is 0 Å². The van der Waals surface area contributed by atoms with Gasteiger partial charge in [0.2, 0.25) is 0 Å². The van der Waals surface area contributed by atoms with Gasteiger partial charge in [-0.3, -0.25) is 10.00 Å². The highest BCUT2D eigenvalue weighted by Crippen LogP contribution is 2.23. The van der Waals surface area contributed by atoms with Crippen molar-refractivity contribution >= 4 is 0 Å². The highest BCUT2D eigenvalue weighted by atomic mass is 15.2. The number of H-pyrrole nitrogens is 1. The summed E-state index contributed by atoms with van der Waals surface area (Å²) >= 11 is 0. The normalized spacial score (nSPS) is 16.8. The summed E-state index contributed by atoms with van der Waals surface area (Å²) in [6.07, 6.45) is 1.05. The van der Waals surface area contributed by atoms with Crippen molar-refractivity contribution < 1.29 is 0 Å². The summed E-state index contributed by atoms with van der Waals surface area (Å²) in [4.78, 5) is 2.42. The number of rotatable bonds is 2. The summed E-state index contributed by atoms with van der Waals surface area (Å²) in [7, 11) is 0. The first-order chi connectivity index (χ1) is 5.85. The average molecular weight is 165 g/mol. The van der Waals surface area contributed by atoms with Gasteiger partial charge < -0.3 is 0 Å². The van der Waals surface area contributed by atoms with E-state index in [2.05, 4.69) is 28.9 Å². The summed E-state index contributed by atoms with van der Waals surface area (Å²) in [5, 5.41) is 7.38. The van der Waals surface area contributed by atoms with E-state index in [1.807, 2.05) is 0 Å². The van der Waals surface area contributed by atoms with Crippen LogP contribution >= 0.6 is 0 Å². The number of fused-ring (bicyclic) bond motifs is 1. The molecule has 0 saturated carbocycles. The van der Waals surface area contributed by atoms with Gasteiger partial charge in [0.25, 0.3) is 0 Å². The van der Waals surface area contributed by atoms with Crippen molar-refractivity contribution in [1.29, 1.82) is 0 Å². The molecule has 0 aromatic carbocycles. The van der Waals surface area contributed by atoms with Crippen molar-refractivity contribution in [2.75, 3.05) is 6.54 Å². The predicted molar refractivity (Wildman–Crippen MR) is 47.8 cm³/mol. The smallest absolute Gasteiger partial charge is 0.0667 e. The molecule has 2 heterocycles. The zero-order valence-electron chi connectivity index (χ0n) is 7.72. The molecule has 12 heavy (non-hydrogen) atoms. The lowest BCUT2D eigenvalue weighted by Crippen LogP contribution is -2.15. The fraction of sp³-hybridized carbons (Fsp3) is 0.667. The molecule has 3 heteroatoms. The quantitative estimate of drug-likeness (QED) is 0.716. The summed E-state index contributed by atoms with van der Waals surface area (Å²) in [5.74, 6) is 0. The van der Waals surface area contributed by atoms with Gasteiger partial charge in [-0.2, -0.15) is 5.10 Å². The van der Waals surface area contributed by atoms with Crippen molar-refractivity contribution in [3.8, 4) is 0 Å². The molecule has 1 N–H and O–H groups in total. The minimum absolute atomic E-state index is 1.05. The Kier molecular flexibility index (Phi) is 1.89. The maximum Gasteiger partial charge on any atom is 0.0667 e. The van der Waals surface area contributed by atoms with Crippen LogP contribution in [0.1, 0.15) is 30.8 Å². The van der Waals surface area contributed by atoms with Crippen LogP contribution in [-0.4, -0.2) is 21.6 Å². The van der Waals surface area contributed by atoms with Crippen LogP contribution in [0.5, 0.6) is 0 Å². The lowest BCUT2D eigenvalue weighted by atomic mass is 10.2. The molecule has 0 bridgehead atoms. The molecule has 66 valence electrons. The van der Waals surface area contributed by atoms with Crippen molar-refractivity contribution in [1.82, 2.24) is 15.1 Å². The molecule has 1 aliphatic rings. The maximum atomic E-state index is 4.27. The third kappa shape index (κ3) is 1.05. The lowest BCUT2D eigenvalue weighted by molar-refractivity contribution is 0.296. The highest BCUT2D eigenvalue weighted by molar-refractivity contribution is 5.28. The summed E-state index contributed by atoms with van der Waals surface area (Å²) in [5.41, 5.74) is 4.02. The fourth-order valence-corrected chi connectivity index (χ4v) is 1.78. The van der Waals surface area contributed by atoms with E-state index in [0.29, 0.717) is 0 Å². The van der Waals surface area contributed by atoms with Crippen molar-refractivity contribution in [3.05, 3.63) is 17.0 Å². The monoisotopic (exact) mass is 165 g/mol. The van der Waals surface area contributed by atoms with Crippen LogP contribution < -0.4 is 0 Å². The molecule has 3 nitrogen and oxygen atoms in total. The second-order valence-corrected chi connectivity index (χ2v) is 3.28. The zero-order chi connectivity index (χ0) is 8.55. The van der Waals surface area contributed by atoms with Crippen LogP contribution in [0.3, 0.4) is 0 Å². The Hall–Kier alpha value is -0.830. The second-order valence-electron chi connectivity index (χ2n) is 3.28. The Morgan fingerprint density at radius 3 is 2.92 bits per heavy atom. The van der Waals surface area contributed by atoms with Gasteiger partial charge in [0.15, 0.2) is 0 Å². The van der Waals surface area contributed by atoms with Crippen LogP contribution in [0.4, 0.5) is 0 Å². The molecule has 0 radical (unpaired) electrons. The van der Waals surface area contributed by atoms with Gasteiger partial charge in [0, 0.05) is 18.7 Å². The second kappa shape index (κ2) is 2.90. The minimum Gasteiger partial charge on any atom is -0.293 e. The van der Waals surface area contributed by atoms with Gasteiger partial charge in [-0.25, -0.2) is 0 Å². The first-order valence-corrected chi connectivity index (χ1v) is 4.62. The van der Waals surface area contributed by atoms with E-state index in [-0.39, 0.29) is 0 Å². The number of hydrogen-bond donors (Lipinski definition) is 1. The Morgan fingerprint density at radius 1 is 1.42 bits per heavy atom. The molecule has 1 aromatic heterocycles. The van der Waals surface area contributed by atoms with Gasteiger partial charge in [0.1, 0.15) is 0 Å². The van der Waals surface area contributed by atoms with E-state index >= 15 is 0 Å². The van der Waals surface area contributed by atoms with E-state index in [0.717, 1.165) is 26.1 Å². The molecular formula is C9H15N3. The first kappa shape index (κ1) is 7.80. The minimum atomic E-state index is 1.05. The molecule has 0 atom stereocenters. The van der Waals surface area contributed by atoms with Gasteiger partial charge in [0.05, 0.1) is 11.4 Å². The largest absolute Gasteiger partial charge is 0.293 e. The third-order valence-electron chi connectivity index (χ3n) is 2.58. The molecule has 0 amide bonds. The average Bonchev–Trinajstić information content (AvgIpc) is 2.61. The molecule has 0 saturated heterocycles. The van der Waals surface area contributed by atoms with E-state index in [1.54, 1.807) is 0 Å². The Bertz CT molecular complexity index is 277. The molecule has 1 aromatic rings. The highest BCUT2D eigenvalue weighted by Gasteiger charge is 2.22. The first-order valence-electron chi connectivity index (χ1n) is 4.62. The number of nitrogens with one attached hydrogen (secondary N) is 1. The third-order valence-corrected chi connectivity index (χ3v) is 2.58. The van der Waals surface area contributed by atoms with Gasteiger partial charge in [-0.1, -0.05) is 13.8 Å². The van der Waals surface area contributed by atoms with Crippen LogP contribution in [-0.2, 0) is 19.5 Å². The van der Waals surface area contributed by atoms with Crippen molar-refractivity contribution in [2.45, 2.75) is 33.4 Å². The van der Waals surface area contributed by atoms with Crippen LogP contribution in [0, 0.1) is 0 Å². The van der Waals surface area contributed by atoms with E-state index in [4.69, 9.17) is 0 Å². The van der Waals surface area contributed by atoms with Gasteiger partial charge in [-0.15, -0.1) is 0 Å². The van der Waals surface area contributed by atoms with E-state index in [9.17, 15) is 0 Å². The topological polar surface area (TPSA) is 31.9 Å². The maximum absolute atomic E-state index is 4.27. The molecule has 0 spiro atoms. The van der Waals surface area contributed by atoms with Crippen LogP contribution in [0.25, 0.3) is 0 Å².